The van der Waals surface area contributed by atoms with Crippen molar-refractivity contribution in [3.63, 3.8) is 0 Å². The molecule has 1 amide bonds. The maximum atomic E-state index is 12.2. The van der Waals surface area contributed by atoms with Gasteiger partial charge in [0.25, 0.3) is 5.91 Å². The SMILES string of the molecule is CC(C#N)(COC(=O)C1CCCC1)NC(=O)c1ccc(Cl)cc1. The second kappa shape index (κ2) is 7.47. The largest absolute Gasteiger partial charge is 0.462 e. The van der Waals surface area contributed by atoms with Crippen molar-refractivity contribution in [2.24, 2.45) is 5.92 Å². The molecule has 1 aliphatic carbocycles. The average molecular weight is 335 g/mol. The molecule has 6 heteroatoms. The second-order valence-corrected chi connectivity index (χ2v) is 6.43. The van der Waals surface area contributed by atoms with Gasteiger partial charge in [-0.25, -0.2) is 0 Å². The van der Waals surface area contributed by atoms with Gasteiger partial charge in [0.1, 0.15) is 6.61 Å². The molecular formula is C17H19ClN2O3. The van der Waals surface area contributed by atoms with Crippen LogP contribution in [0.1, 0.15) is 43.0 Å². The molecule has 1 N–H and O–H groups in total. The van der Waals surface area contributed by atoms with Gasteiger partial charge in [0, 0.05) is 10.6 Å². The summed E-state index contributed by atoms with van der Waals surface area (Å²) in [5.74, 6) is -0.780. The Morgan fingerprint density at radius 3 is 2.52 bits per heavy atom. The predicted molar refractivity (Wildman–Crippen MR) is 85.9 cm³/mol. The fourth-order valence-electron chi connectivity index (χ4n) is 2.52. The number of benzene rings is 1. The smallest absolute Gasteiger partial charge is 0.309 e. The molecule has 0 spiro atoms. The zero-order valence-electron chi connectivity index (χ0n) is 13.0. The molecule has 1 fully saturated rings. The number of carbonyl (C=O) groups excluding carboxylic acids is 2. The summed E-state index contributed by atoms with van der Waals surface area (Å²) in [5, 5.41) is 12.5. The van der Waals surface area contributed by atoms with Gasteiger partial charge in [0.15, 0.2) is 5.54 Å². The lowest BCUT2D eigenvalue weighted by atomic mass is 10.0. The number of halogens is 1. The molecule has 0 heterocycles. The summed E-state index contributed by atoms with van der Waals surface area (Å²) in [6.45, 7) is 1.36. The number of hydrogen-bond donors (Lipinski definition) is 1. The molecule has 2 rings (SSSR count). The quantitative estimate of drug-likeness (QED) is 0.839. The summed E-state index contributed by atoms with van der Waals surface area (Å²) in [7, 11) is 0. The summed E-state index contributed by atoms with van der Waals surface area (Å²) in [6.07, 6.45) is 3.73. The van der Waals surface area contributed by atoms with Crippen LogP contribution in [-0.2, 0) is 9.53 Å². The Balaban J connectivity index is 1.94. The highest BCUT2D eigenvalue weighted by molar-refractivity contribution is 6.30. The number of carbonyl (C=O) groups is 2. The number of amides is 1. The molecular weight excluding hydrogens is 316 g/mol. The highest BCUT2D eigenvalue weighted by atomic mass is 35.5. The molecule has 1 aromatic carbocycles. The monoisotopic (exact) mass is 334 g/mol. The first-order chi connectivity index (χ1) is 10.9. The zero-order valence-corrected chi connectivity index (χ0v) is 13.7. The van der Waals surface area contributed by atoms with E-state index in [-0.39, 0.29) is 18.5 Å². The maximum Gasteiger partial charge on any atom is 0.309 e. The minimum atomic E-state index is -1.27. The number of rotatable bonds is 5. The van der Waals surface area contributed by atoms with Crippen LogP contribution < -0.4 is 5.32 Å². The highest BCUT2D eigenvalue weighted by Gasteiger charge is 2.31. The number of nitrogens with one attached hydrogen (secondary N) is 1. The normalized spacial score (nSPS) is 17.1. The van der Waals surface area contributed by atoms with E-state index in [1.807, 2.05) is 6.07 Å². The van der Waals surface area contributed by atoms with Crippen molar-refractivity contribution in [2.75, 3.05) is 6.61 Å². The molecule has 0 aromatic heterocycles. The standard InChI is InChI=1S/C17H19ClN2O3/c1-17(10-19,11-23-16(22)13-4-2-3-5-13)20-15(21)12-6-8-14(18)9-7-12/h6-9,13H,2-5,11H2,1H3,(H,20,21). The molecule has 1 aromatic rings. The predicted octanol–water partition coefficient (Wildman–Crippen LogP) is 3.09. The van der Waals surface area contributed by atoms with Crippen LogP contribution in [0.25, 0.3) is 0 Å². The molecule has 1 unspecified atom stereocenters. The lowest BCUT2D eigenvalue weighted by molar-refractivity contribution is -0.149. The highest BCUT2D eigenvalue weighted by Crippen LogP contribution is 2.26. The van der Waals surface area contributed by atoms with Crippen LogP contribution in [0.2, 0.25) is 5.02 Å². The number of hydrogen-bond acceptors (Lipinski definition) is 4. The van der Waals surface area contributed by atoms with Crippen LogP contribution >= 0.6 is 11.6 Å². The Kier molecular flexibility index (Phi) is 5.62. The van der Waals surface area contributed by atoms with Gasteiger partial charge in [-0.2, -0.15) is 5.26 Å². The van der Waals surface area contributed by atoms with E-state index in [0.717, 1.165) is 25.7 Å². The topological polar surface area (TPSA) is 79.2 Å². The maximum absolute atomic E-state index is 12.2. The minimum absolute atomic E-state index is 0.0788. The van der Waals surface area contributed by atoms with Crippen LogP contribution in [0.15, 0.2) is 24.3 Å². The average Bonchev–Trinajstić information content (AvgIpc) is 3.08. The van der Waals surface area contributed by atoms with Crippen molar-refractivity contribution in [3.05, 3.63) is 34.9 Å². The van der Waals surface area contributed by atoms with E-state index in [1.165, 1.54) is 6.92 Å². The molecule has 1 saturated carbocycles. The van der Waals surface area contributed by atoms with Gasteiger partial charge >= 0.3 is 5.97 Å². The fourth-order valence-corrected chi connectivity index (χ4v) is 2.64. The number of nitrogens with zero attached hydrogens (tertiary/aromatic N) is 1. The lowest BCUT2D eigenvalue weighted by Crippen LogP contribution is -2.49. The van der Waals surface area contributed by atoms with E-state index >= 15 is 0 Å². The second-order valence-electron chi connectivity index (χ2n) is 5.99. The number of nitriles is 1. The first-order valence-corrected chi connectivity index (χ1v) is 7.97. The third kappa shape index (κ3) is 4.70. The van der Waals surface area contributed by atoms with Crippen LogP contribution in [-0.4, -0.2) is 24.0 Å². The van der Waals surface area contributed by atoms with E-state index in [0.29, 0.717) is 10.6 Å². The van der Waals surface area contributed by atoms with Crippen molar-refractivity contribution in [1.29, 1.82) is 5.26 Å². The Hall–Kier alpha value is -2.06. The van der Waals surface area contributed by atoms with E-state index in [1.54, 1.807) is 24.3 Å². The van der Waals surface area contributed by atoms with Crippen LogP contribution in [0.5, 0.6) is 0 Å². The van der Waals surface area contributed by atoms with E-state index in [9.17, 15) is 14.9 Å². The summed E-state index contributed by atoms with van der Waals surface area (Å²) < 4.78 is 5.24. The third-order valence-electron chi connectivity index (χ3n) is 3.93. The summed E-state index contributed by atoms with van der Waals surface area (Å²) in [5.41, 5.74) is -0.886. The molecule has 0 aliphatic heterocycles. The number of ether oxygens (including phenoxy) is 1. The van der Waals surface area contributed by atoms with Gasteiger partial charge in [-0.1, -0.05) is 24.4 Å². The van der Waals surface area contributed by atoms with E-state index in [4.69, 9.17) is 16.3 Å². The summed E-state index contributed by atoms with van der Waals surface area (Å²) in [4.78, 5) is 24.1. The zero-order chi connectivity index (χ0) is 16.9. The molecule has 1 aliphatic rings. The van der Waals surface area contributed by atoms with Crippen LogP contribution in [0.3, 0.4) is 0 Å². The first kappa shape index (κ1) is 17.3. The summed E-state index contributed by atoms with van der Waals surface area (Å²) >= 11 is 5.78. The minimum Gasteiger partial charge on any atom is -0.462 e. The molecule has 23 heavy (non-hydrogen) atoms. The Morgan fingerprint density at radius 2 is 1.96 bits per heavy atom. The Morgan fingerprint density at radius 1 is 1.35 bits per heavy atom. The Bertz CT molecular complexity index is 618. The van der Waals surface area contributed by atoms with Crippen molar-refractivity contribution in [3.8, 4) is 6.07 Å². The van der Waals surface area contributed by atoms with Gasteiger partial charge in [-0.05, 0) is 44.0 Å². The third-order valence-corrected chi connectivity index (χ3v) is 4.19. The van der Waals surface area contributed by atoms with Crippen molar-refractivity contribution in [1.82, 2.24) is 5.32 Å². The molecule has 5 nitrogen and oxygen atoms in total. The molecule has 1 atom stereocenters. The lowest BCUT2D eigenvalue weighted by Gasteiger charge is -2.23. The van der Waals surface area contributed by atoms with Crippen molar-refractivity contribution in [2.45, 2.75) is 38.1 Å². The first-order valence-electron chi connectivity index (χ1n) is 7.59. The van der Waals surface area contributed by atoms with E-state index in [2.05, 4.69) is 5.32 Å². The van der Waals surface area contributed by atoms with Crippen molar-refractivity contribution >= 4 is 23.5 Å². The van der Waals surface area contributed by atoms with Gasteiger partial charge in [-0.15, -0.1) is 0 Å². The van der Waals surface area contributed by atoms with Gasteiger partial charge in [0.05, 0.1) is 12.0 Å². The molecule has 0 bridgehead atoms. The number of esters is 1. The van der Waals surface area contributed by atoms with Gasteiger partial charge in [-0.3, -0.25) is 9.59 Å². The van der Waals surface area contributed by atoms with Crippen molar-refractivity contribution < 1.29 is 14.3 Å². The summed E-state index contributed by atoms with van der Waals surface area (Å²) in [6, 6.07) is 8.34. The van der Waals surface area contributed by atoms with E-state index < -0.39 is 11.4 Å². The fraction of sp³-hybridized carbons (Fsp3) is 0.471. The molecule has 0 radical (unpaired) electrons. The van der Waals surface area contributed by atoms with Gasteiger partial charge in [0.2, 0.25) is 0 Å². The van der Waals surface area contributed by atoms with Gasteiger partial charge < -0.3 is 10.1 Å². The Labute approximate surface area is 140 Å². The van der Waals surface area contributed by atoms with Crippen LogP contribution in [0.4, 0.5) is 0 Å². The van der Waals surface area contributed by atoms with Crippen LogP contribution in [0, 0.1) is 17.2 Å². The molecule has 122 valence electrons. The molecule has 0 saturated heterocycles.